The third kappa shape index (κ3) is 5.46. The summed E-state index contributed by atoms with van der Waals surface area (Å²) in [6, 6.07) is 0. The first-order chi connectivity index (χ1) is 10.2. The Balaban J connectivity index is 1.91. The Labute approximate surface area is 130 Å². The summed E-state index contributed by atoms with van der Waals surface area (Å²) in [6.07, 6.45) is 12.6. The molecule has 1 N–H and O–H groups in total. The van der Waals surface area contributed by atoms with Crippen molar-refractivity contribution in [3.8, 4) is 0 Å². The zero-order valence-corrected chi connectivity index (χ0v) is 14.1. The Hall–Kier alpha value is -0.830. The van der Waals surface area contributed by atoms with Gasteiger partial charge in [-0.15, -0.1) is 0 Å². The molecular weight excluding hydrogens is 258 g/mol. The van der Waals surface area contributed by atoms with E-state index in [9.17, 15) is 0 Å². The van der Waals surface area contributed by atoms with E-state index in [1.165, 1.54) is 50.6 Å². The highest BCUT2D eigenvalue weighted by Crippen LogP contribution is 2.31. The Morgan fingerprint density at radius 1 is 1.24 bits per heavy atom. The lowest BCUT2D eigenvalue weighted by atomic mass is 9.83. The summed E-state index contributed by atoms with van der Waals surface area (Å²) in [4.78, 5) is 0. The number of aryl methyl sites for hydroxylation is 1. The lowest BCUT2D eigenvalue weighted by molar-refractivity contribution is 0.294. The molecule has 120 valence electrons. The molecule has 0 bridgehead atoms. The van der Waals surface area contributed by atoms with Crippen LogP contribution in [0.3, 0.4) is 0 Å². The van der Waals surface area contributed by atoms with Gasteiger partial charge >= 0.3 is 0 Å². The van der Waals surface area contributed by atoms with Gasteiger partial charge < -0.3 is 5.32 Å². The van der Waals surface area contributed by atoms with Gasteiger partial charge in [-0.3, -0.25) is 4.68 Å². The Morgan fingerprint density at radius 2 is 2.00 bits per heavy atom. The van der Waals surface area contributed by atoms with Gasteiger partial charge in [0.1, 0.15) is 0 Å². The summed E-state index contributed by atoms with van der Waals surface area (Å²) in [6.45, 7) is 10.1. The van der Waals surface area contributed by atoms with Crippen molar-refractivity contribution in [3.05, 3.63) is 18.0 Å². The first kappa shape index (κ1) is 16.5. The van der Waals surface area contributed by atoms with Crippen molar-refractivity contribution in [2.75, 3.05) is 13.1 Å². The molecule has 1 fully saturated rings. The maximum Gasteiger partial charge on any atom is 0.0521 e. The van der Waals surface area contributed by atoms with Gasteiger partial charge in [0, 0.05) is 12.7 Å². The average Bonchev–Trinajstić information content (AvgIpc) is 2.80. The number of hydrogen-bond acceptors (Lipinski definition) is 2. The fourth-order valence-electron chi connectivity index (χ4n) is 3.54. The molecule has 1 aromatic rings. The standard InChI is InChI=1S/C18H33N3/c1-4-21-14-16(12-20-21)10-17-8-6-5-7-9-18(17)13-19-11-15(2)3/h12,14-15,17-19H,4-11,13H2,1-3H3. The second kappa shape index (κ2) is 8.57. The summed E-state index contributed by atoms with van der Waals surface area (Å²) < 4.78 is 2.05. The number of hydrogen-bond donors (Lipinski definition) is 1. The van der Waals surface area contributed by atoms with E-state index in [1.54, 1.807) is 0 Å². The molecule has 2 rings (SSSR count). The van der Waals surface area contributed by atoms with Crippen LogP contribution in [0.25, 0.3) is 0 Å². The molecule has 0 spiro atoms. The first-order valence-electron chi connectivity index (χ1n) is 8.91. The molecule has 3 heteroatoms. The van der Waals surface area contributed by atoms with Crippen LogP contribution >= 0.6 is 0 Å². The lowest BCUT2D eigenvalue weighted by Crippen LogP contribution is -2.31. The van der Waals surface area contributed by atoms with Crippen molar-refractivity contribution < 1.29 is 0 Å². The van der Waals surface area contributed by atoms with Crippen molar-refractivity contribution in [1.29, 1.82) is 0 Å². The van der Waals surface area contributed by atoms with E-state index in [2.05, 4.69) is 48.3 Å². The lowest BCUT2D eigenvalue weighted by Gasteiger charge is -2.25. The number of aromatic nitrogens is 2. The Kier molecular flexibility index (Phi) is 6.75. The van der Waals surface area contributed by atoms with E-state index in [4.69, 9.17) is 0 Å². The van der Waals surface area contributed by atoms with Gasteiger partial charge in [0.25, 0.3) is 0 Å². The highest BCUT2D eigenvalue weighted by Gasteiger charge is 2.24. The minimum atomic E-state index is 0.747. The third-order valence-corrected chi connectivity index (χ3v) is 4.78. The molecule has 1 aliphatic rings. The monoisotopic (exact) mass is 291 g/mol. The zero-order valence-electron chi connectivity index (χ0n) is 14.1. The smallest absolute Gasteiger partial charge is 0.0521 e. The summed E-state index contributed by atoms with van der Waals surface area (Å²) in [5.74, 6) is 2.43. The van der Waals surface area contributed by atoms with Crippen LogP contribution in [0.4, 0.5) is 0 Å². The zero-order chi connectivity index (χ0) is 15.1. The van der Waals surface area contributed by atoms with Gasteiger partial charge in [-0.25, -0.2) is 0 Å². The molecule has 0 aromatic carbocycles. The van der Waals surface area contributed by atoms with Crippen LogP contribution in [-0.4, -0.2) is 22.9 Å². The maximum atomic E-state index is 4.44. The molecule has 1 heterocycles. The molecule has 2 unspecified atom stereocenters. The Morgan fingerprint density at radius 3 is 2.67 bits per heavy atom. The van der Waals surface area contributed by atoms with Crippen LogP contribution in [0, 0.1) is 17.8 Å². The van der Waals surface area contributed by atoms with Gasteiger partial charge in [-0.1, -0.05) is 33.1 Å². The average molecular weight is 291 g/mol. The largest absolute Gasteiger partial charge is 0.316 e. The first-order valence-corrected chi connectivity index (χ1v) is 8.91. The summed E-state index contributed by atoms with van der Waals surface area (Å²) in [7, 11) is 0. The number of rotatable bonds is 7. The van der Waals surface area contributed by atoms with Gasteiger partial charge in [-0.2, -0.15) is 5.10 Å². The van der Waals surface area contributed by atoms with E-state index >= 15 is 0 Å². The third-order valence-electron chi connectivity index (χ3n) is 4.78. The minimum Gasteiger partial charge on any atom is -0.316 e. The summed E-state index contributed by atoms with van der Waals surface area (Å²) in [5.41, 5.74) is 1.43. The van der Waals surface area contributed by atoms with Gasteiger partial charge in [-0.05, 0) is 62.6 Å². The molecular formula is C18H33N3. The van der Waals surface area contributed by atoms with E-state index in [-0.39, 0.29) is 0 Å². The highest BCUT2D eigenvalue weighted by atomic mass is 15.3. The van der Waals surface area contributed by atoms with Crippen molar-refractivity contribution in [2.24, 2.45) is 17.8 Å². The highest BCUT2D eigenvalue weighted by molar-refractivity contribution is 5.05. The SMILES string of the molecule is CCn1cc(CC2CCCCCC2CNCC(C)C)cn1. The molecule has 1 saturated carbocycles. The molecule has 3 nitrogen and oxygen atoms in total. The van der Waals surface area contributed by atoms with Crippen LogP contribution in [0.15, 0.2) is 12.4 Å². The fourth-order valence-corrected chi connectivity index (χ4v) is 3.54. The van der Waals surface area contributed by atoms with Crippen LogP contribution in [0.1, 0.15) is 58.4 Å². The molecule has 1 aliphatic carbocycles. The second-order valence-electron chi connectivity index (χ2n) is 7.12. The fraction of sp³-hybridized carbons (Fsp3) is 0.833. The van der Waals surface area contributed by atoms with Crippen LogP contribution in [0.5, 0.6) is 0 Å². The quantitative estimate of drug-likeness (QED) is 0.772. The van der Waals surface area contributed by atoms with Crippen LogP contribution < -0.4 is 5.32 Å². The number of nitrogens with zero attached hydrogens (tertiary/aromatic N) is 2. The van der Waals surface area contributed by atoms with E-state index in [0.29, 0.717) is 0 Å². The van der Waals surface area contributed by atoms with Gasteiger partial charge in [0.15, 0.2) is 0 Å². The van der Waals surface area contributed by atoms with E-state index < -0.39 is 0 Å². The molecule has 1 aromatic heterocycles. The van der Waals surface area contributed by atoms with Gasteiger partial charge in [0.2, 0.25) is 0 Å². The molecule has 2 atom stereocenters. The molecule has 0 amide bonds. The van der Waals surface area contributed by atoms with Crippen molar-refractivity contribution in [2.45, 2.75) is 65.8 Å². The normalized spacial score (nSPS) is 23.4. The summed E-state index contributed by atoms with van der Waals surface area (Å²) in [5, 5.41) is 8.13. The van der Waals surface area contributed by atoms with Crippen LogP contribution in [-0.2, 0) is 13.0 Å². The molecule has 0 radical (unpaired) electrons. The maximum absolute atomic E-state index is 4.44. The molecule has 0 saturated heterocycles. The second-order valence-corrected chi connectivity index (χ2v) is 7.12. The topological polar surface area (TPSA) is 29.9 Å². The van der Waals surface area contributed by atoms with E-state index in [1.807, 2.05) is 0 Å². The molecule has 21 heavy (non-hydrogen) atoms. The van der Waals surface area contributed by atoms with Crippen molar-refractivity contribution >= 4 is 0 Å². The minimum absolute atomic E-state index is 0.747. The van der Waals surface area contributed by atoms with Crippen molar-refractivity contribution in [1.82, 2.24) is 15.1 Å². The molecule has 0 aliphatic heterocycles. The predicted octanol–water partition coefficient (Wildman–Crippen LogP) is 3.89. The van der Waals surface area contributed by atoms with Crippen LogP contribution in [0.2, 0.25) is 0 Å². The predicted molar refractivity (Wildman–Crippen MR) is 89.4 cm³/mol. The van der Waals surface area contributed by atoms with Crippen molar-refractivity contribution in [3.63, 3.8) is 0 Å². The summed E-state index contributed by atoms with van der Waals surface area (Å²) >= 11 is 0. The van der Waals surface area contributed by atoms with Gasteiger partial charge in [0.05, 0.1) is 6.20 Å². The Bertz CT molecular complexity index is 397. The number of nitrogens with one attached hydrogen (secondary N) is 1. The van der Waals surface area contributed by atoms with E-state index in [0.717, 1.165) is 30.8 Å².